The predicted molar refractivity (Wildman–Crippen MR) is 83.6 cm³/mol. The molecule has 3 heteroatoms. The Bertz CT molecular complexity index is 546. The minimum absolute atomic E-state index is 0.430. The Labute approximate surface area is 121 Å². The van der Waals surface area contributed by atoms with Gasteiger partial charge in [-0.05, 0) is 25.3 Å². The molecule has 0 atom stereocenters. The number of aryl methyl sites for hydroxylation is 2. The van der Waals surface area contributed by atoms with Crippen molar-refractivity contribution in [1.29, 1.82) is 0 Å². The van der Waals surface area contributed by atoms with Crippen molar-refractivity contribution >= 4 is 5.88 Å². The van der Waals surface area contributed by atoms with E-state index in [4.69, 9.17) is 10.3 Å². The molecule has 2 aromatic rings. The summed E-state index contributed by atoms with van der Waals surface area (Å²) in [5, 5.41) is 4.14. The average molecular weight is 272 g/mol. The number of benzene rings is 1. The predicted octanol–water partition coefficient (Wildman–Crippen LogP) is 4.75. The SMILES string of the molecule is CCCCCCCc1noc(N)c1-c1cccc(C)c1. The molecule has 0 spiro atoms. The van der Waals surface area contributed by atoms with Crippen LogP contribution in [0.3, 0.4) is 0 Å². The lowest BCUT2D eigenvalue weighted by Gasteiger charge is -2.04. The zero-order chi connectivity index (χ0) is 14.4. The minimum Gasteiger partial charge on any atom is -0.367 e. The van der Waals surface area contributed by atoms with Crippen LogP contribution in [0.2, 0.25) is 0 Å². The van der Waals surface area contributed by atoms with Crippen LogP contribution in [0.25, 0.3) is 11.1 Å². The van der Waals surface area contributed by atoms with Crippen molar-refractivity contribution in [3.05, 3.63) is 35.5 Å². The fraction of sp³-hybridized carbons (Fsp3) is 0.471. The summed E-state index contributed by atoms with van der Waals surface area (Å²) < 4.78 is 5.20. The Hall–Kier alpha value is -1.77. The van der Waals surface area contributed by atoms with Crippen LogP contribution in [0.15, 0.2) is 28.8 Å². The molecule has 0 aliphatic carbocycles. The molecule has 1 aromatic carbocycles. The quantitative estimate of drug-likeness (QED) is 0.740. The van der Waals surface area contributed by atoms with E-state index in [2.05, 4.69) is 37.2 Å². The monoisotopic (exact) mass is 272 g/mol. The Balaban J connectivity index is 2.08. The maximum atomic E-state index is 5.95. The van der Waals surface area contributed by atoms with E-state index in [1.54, 1.807) is 0 Å². The molecule has 0 amide bonds. The number of anilines is 1. The molecule has 1 aromatic heterocycles. The number of rotatable bonds is 7. The van der Waals surface area contributed by atoms with E-state index in [0.29, 0.717) is 5.88 Å². The van der Waals surface area contributed by atoms with Crippen molar-refractivity contribution in [2.45, 2.75) is 52.4 Å². The Morgan fingerprint density at radius 2 is 1.95 bits per heavy atom. The van der Waals surface area contributed by atoms with Crippen LogP contribution in [0, 0.1) is 6.92 Å². The third kappa shape index (κ3) is 3.62. The van der Waals surface area contributed by atoms with E-state index in [-0.39, 0.29) is 0 Å². The summed E-state index contributed by atoms with van der Waals surface area (Å²) >= 11 is 0. The van der Waals surface area contributed by atoms with E-state index in [1.807, 2.05) is 6.07 Å². The van der Waals surface area contributed by atoms with Gasteiger partial charge in [0.25, 0.3) is 0 Å². The van der Waals surface area contributed by atoms with Crippen molar-refractivity contribution in [1.82, 2.24) is 5.16 Å². The Morgan fingerprint density at radius 1 is 1.15 bits per heavy atom. The van der Waals surface area contributed by atoms with E-state index >= 15 is 0 Å². The highest BCUT2D eigenvalue weighted by molar-refractivity contribution is 5.75. The highest BCUT2D eigenvalue weighted by Gasteiger charge is 2.15. The molecule has 2 rings (SSSR count). The second kappa shape index (κ2) is 7.13. The number of unbranched alkanes of at least 4 members (excludes halogenated alkanes) is 4. The van der Waals surface area contributed by atoms with Crippen LogP contribution in [-0.2, 0) is 6.42 Å². The standard InChI is InChI=1S/C17H24N2O/c1-3-4-5-6-7-11-15-16(17(18)20-19-15)14-10-8-9-13(2)12-14/h8-10,12H,3-7,11,18H2,1-2H3. The fourth-order valence-electron chi connectivity index (χ4n) is 2.51. The van der Waals surface area contributed by atoms with Crippen molar-refractivity contribution < 1.29 is 4.52 Å². The molecular formula is C17H24N2O. The molecule has 0 aliphatic heterocycles. The second-order valence-electron chi connectivity index (χ2n) is 5.40. The Kier molecular flexibility index (Phi) is 5.22. The van der Waals surface area contributed by atoms with Crippen LogP contribution in [0.4, 0.5) is 5.88 Å². The summed E-state index contributed by atoms with van der Waals surface area (Å²) in [6.07, 6.45) is 7.20. The van der Waals surface area contributed by atoms with Crippen molar-refractivity contribution in [2.24, 2.45) is 0 Å². The van der Waals surface area contributed by atoms with Crippen LogP contribution in [-0.4, -0.2) is 5.16 Å². The number of nitrogen functional groups attached to an aromatic ring is 1. The van der Waals surface area contributed by atoms with Gasteiger partial charge in [-0.1, -0.05) is 67.6 Å². The number of nitrogens with zero attached hydrogens (tertiary/aromatic N) is 1. The summed E-state index contributed by atoms with van der Waals surface area (Å²) in [7, 11) is 0. The van der Waals surface area contributed by atoms with Gasteiger partial charge in [0, 0.05) is 0 Å². The van der Waals surface area contributed by atoms with Crippen LogP contribution < -0.4 is 5.73 Å². The van der Waals surface area contributed by atoms with Gasteiger partial charge in [-0.2, -0.15) is 0 Å². The second-order valence-corrected chi connectivity index (χ2v) is 5.40. The van der Waals surface area contributed by atoms with E-state index in [0.717, 1.165) is 29.7 Å². The minimum atomic E-state index is 0.430. The third-order valence-electron chi connectivity index (χ3n) is 3.61. The first-order chi connectivity index (χ1) is 9.72. The molecule has 0 saturated carbocycles. The lowest BCUT2D eigenvalue weighted by Crippen LogP contribution is -1.92. The molecule has 0 radical (unpaired) electrons. The first-order valence-corrected chi connectivity index (χ1v) is 7.53. The van der Waals surface area contributed by atoms with Gasteiger partial charge >= 0.3 is 0 Å². The Morgan fingerprint density at radius 3 is 2.70 bits per heavy atom. The third-order valence-corrected chi connectivity index (χ3v) is 3.61. The van der Waals surface area contributed by atoms with Crippen molar-refractivity contribution in [2.75, 3.05) is 5.73 Å². The van der Waals surface area contributed by atoms with Gasteiger partial charge in [-0.3, -0.25) is 0 Å². The zero-order valence-corrected chi connectivity index (χ0v) is 12.5. The topological polar surface area (TPSA) is 52.0 Å². The highest BCUT2D eigenvalue weighted by Crippen LogP contribution is 2.31. The smallest absolute Gasteiger partial charge is 0.230 e. The zero-order valence-electron chi connectivity index (χ0n) is 12.5. The molecule has 0 saturated heterocycles. The summed E-state index contributed by atoms with van der Waals surface area (Å²) in [6, 6.07) is 8.32. The van der Waals surface area contributed by atoms with Crippen LogP contribution >= 0.6 is 0 Å². The first-order valence-electron chi connectivity index (χ1n) is 7.53. The molecular weight excluding hydrogens is 248 g/mol. The van der Waals surface area contributed by atoms with Crippen molar-refractivity contribution in [3.8, 4) is 11.1 Å². The number of hydrogen-bond acceptors (Lipinski definition) is 3. The lowest BCUT2D eigenvalue weighted by atomic mass is 10.00. The van der Waals surface area contributed by atoms with Gasteiger partial charge in [0.15, 0.2) is 0 Å². The molecule has 20 heavy (non-hydrogen) atoms. The molecule has 0 unspecified atom stereocenters. The summed E-state index contributed by atoms with van der Waals surface area (Å²) in [6.45, 7) is 4.31. The number of nitrogens with two attached hydrogens (primary N) is 1. The van der Waals surface area contributed by atoms with Crippen LogP contribution in [0.1, 0.15) is 50.3 Å². The molecule has 0 aliphatic rings. The number of aromatic nitrogens is 1. The lowest BCUT2D eigenvalue weighted by molar-refractivity contribution is 0.426. The molecule has 108 valence electrons. The molecule has 1 heterocycles. The highest BCUT2D eigenvalue weighted by atomic mass is 16.5. The van der Waals surface area contributed by atoms with Gasteiger partial charge in [-0.15, -0.1) is 0 Å². The van der Waals surface area contributed by atoms with Gasteiger partial charge in [0.05, 0.1) is 11.3 Å². The molecule has 0 bridgehead atoms. The molecule has 3 nitrogen and oxygen atoms in total. The van der Waals surface area contributed by atoms with E-state index in [9.17, 15) is 0 Å². The maximum absolute atomic E-state index is 5.95. The average Bonchev–Trinajstić information content (AvgIpc) is 2.80. The van der Waals surface area contributed by atoms with E-state index in [1.165, 1.54) is 31.2 Å². The summed E-state index contributed by atoms with van der Waals surface area (Å²) in [4.78, 5) is 0. The summed E-state index contributed by atoms with van der Waals surface area (Å²) in [5.74, 6) is 0.430. The largest absolute Gasteiger partial charge is 0.367 e. The van der Waals surface area contributed by atoms with Gasteiger partial charge in [0.1, 0.15) is 0 Å². The molecule has 2 N–H and O–H groups in total. The van der Waals surface area contributed by atoms with Gasteiger partial charge in [0.2, 0.25) is 5.88 Å². The van der Waals surface area contributed by atoms with Gasteiger partial charge in [-0.25, -0.2) is 0 Å². The summed E-state index contributed by atoms with van der Waals surface area (Å²) in [5.41, 5.74) is 10.2. The number of hydrogen-bond donors (Lipinski definition) is 1. The fourth-order valence-corrected chi connectivity index (χ4v) is 2.51. The normalized spacial score (nSPS) is 10.9. The molecule has 0 fully saturated rings. The van der Waals surface area contributed by atoms with Crippen molar-refractivity contribution in [3.63, 3.8) is 0 Å². The van der Waals surface area contributed by atoms with Gasteiger partial charge < -0.3 is 10.3 Å². The first kappa shape index (κ1) is 14.6. The van der Waals surface area contributed by atoms with Crippen LogP contribution in [0.5, 0.6) is 0 Å². The van der Waals surface area contributed by atoms with E-state index < -0.39 is 0 Å². The maximum Gasteiger partial charge on any atom is 0.230 e.